The average Bonchev–Trinajstić information content (AvgIpc) is 3.23. The number of H-pyrrole nitrogens is 1. The van der Waals surface area contributed by atoms with Crippen LogP contribution >= 0.6 is 23.5 Å². The third-order valence-electron chi connectivity index (χ3n) is 7.13. The van der Waals surface area contributed by atoms with Crippen LogP contribution in [0.3, 0.4) is 0 Å². The molecule has 2 unspecified atom stereocenters. The molecule has 226 valence electrons. The number of hydrogen-bond donors (Lipinski definition) is 3. The van der Waals surface area contributed by atoms with Gasteiger partial charge in [-0.05, 0) is 64.9 Å². The highest BCUT2D eigenvalue weighted by molar-refractivity contribution is 7.99. The van der Waals surface area contributed by atoms with Crippen LogP contribution in [0.15, 0.2) is 11.5 Å². The summed E-state index contributed by atoms with van der Waals surface area (Å²) < 4.78 is 22.6. The second kappa shape index (κ2) is 13.8. The summed E-state index contributed by atoms with van der Waals surface area (Å²) in [6, 6.07) is -0.935. The number of ether oxygens (including phenoxy) is 4. The number of amides is 2. The molecule has 3 N–H and O–H groups in total. The molecule has 8 atom stereocenters. The van der Waals surface area contributed by atoms with Gasteiger partial charge in [-0.15, -0.1) is 0 Å². The topological polar surface area (TPSA) is 154 Å². The molecule has 1 aromatic rings. The first-order valence-corrected chi connectivity index (χ1v) is 15.8. The van der Waals surface area contributed by atoms with Crippen molar-refractivity contribution in [3.8, 4) is 0 Å². The first-order chi connectivity index (χ1) is 18.9. The number of carbonyl (C=O) groups is 3. The Hall–Kier alpha value is -2.03. The van der Waals surface area contributed by atoms with Crippen molar-refractivity contribution < 1.29 is 33.3 Å². The highest BCUT2D eigenvalue weighted by Gasteiger charge is 2.75. The first kappa shape index (κ1) is 32.5. The Bertz CT molecular complexity index is 1010. The van der Waals surface area contributed by atoms with E-state index in [4.69, 9.17) is 18.9 Å². The molecule has 2 amide bonds. The van der Waals surface area contributed by atoms with Gasteiger partial charge in [0.25, 0.3) is 0 Å². The lowest BCUT2D eigenvalue weighted by Crippen LogP contribution is -2.62. The molecule has 0 aromatic carbocycles. The molecule has 2 aliphatic rings. The van der Waals surface area contributed by atoms with Crippen molar-refractivity contribution in [1.82, 2.24) is 25.8 Å². The molecule has 40 heavy (non-hydrogen) atoms. The highest BCUT2D eigenvalue weighted by Crippen LogP contribution is 2.67. The van der Waals surface area contributed by atoms with E-state index >= 15 is 0 Å². The molecule has 1 aromatic heterocycles. The van der Waals surface area contributed by atoms with E-state index < -0.39 is 41.4 Å². The van der Waals surface area contributed by atoms with Gasteiger partial charge < -0.3 is 29.6 Å². The van der Waals surface area contributed by atoms with Crippen molar-refractivity contribution in [3.63, 3.8) is 0 Å². The molecule has 2 fully saturated rings. The minimum absolute atomic E-state index is 0.0165. The summed E-state index contributed by atoms with van der Waals surface area (Å²) >= 11 is 3.03. The maximum Gasteiger partial charge on any atom is 0.408 e. The molecule has 14 heteroatoms. The van der Waals surface area contributed by atoms with Gasteiger partial charge in [-0.2, -0.15) is 16.9 Å². The van der Waals surface area contributed by atoms with Gasteiger partial charge in [0, 0.05) is 30.8 Å². The van der Waals surface area contributed by atoms with Crippen molar-refractivity contribution in [3.05, 3.63) is 6.33 Å². The van der Waals surface area contributed by atoms with Crippen molar-refractivity contribution in [2.24, 2.45) is 23.7 Å². The maximum atomic E-state index is 14.0. The lowest BCUT2D eigenvalue weighted by Gasteiger charge is -2.35. The summed E-state index contributed by atoms with van der Waals surface area (Å²) in [5, 5.41) is 13.1. The third kappa shape index (κ3) is 7.42. The van der Waals surface area contributed by atoms with Crippen LogP contribution in [0.5, 0.6) is 0 Å². The van der Waals surface area contributed by atoms with Crippen LogP contribution in [0, 0.1) is 23.7 Å². The molecular formula is C26H43N5O7S2. The van der Waals surface area contributed by atoms with Gasteiger partial charge >= 0.3 is 12.1 Å². The number of nitrogens with one attached hydrogen (secondary N) is 3. The van der Waals surface area contributed by atoms with E-state index in [0.717, 1.165) is 0 Å². The molecule has 12 nitrogen and oxygen atoms in total. The fourth-order valence-electron chi connectivity index (χ4n) is 5.67. The number of alkyl carbamates (subject to hydrolysis) is 1. The number of esters is 1. The SMILES string of the molecule is CCOC(=O)[C@]1(NC(=O)[C@@H](NC(=O)OC(C)(C)C)[C@H](C)CSC)C[C@H](Sc2ncn[nH]2)C2[C@H](C(OC)OCC)[C@H]21. The van der Waals surface area contributed by atoms with Gasteiger partial charge in [0.1, 0.15) is 23.5 Å². The summed E-state index contributed by atoms with van der Waals surface area (Å²) in [4.78, 5) is 44.7. The van der Waals surface area contributed by atoms with Gasteiger partial charge in [0.05, 0.1) is 6.61 Å². The summed E-state index contributed by atoms with van der Waals surface area (Å²) in [5.74, 6) is -1.10. The van der Waals surface area contributed by atoms with Crippen LogP contribution in [-0.4, -0.2) is 94.2 Å². The van der Waals surface area contributed by atoms with Gasteiger partial charge in [-0.1, -0.05) is 18.7 Å². The van der Waals surface area contributed by atoms with Crippen LogP contribution in [0.2, 0.25) is 0 Å². The lowest BCUT2D eigenvalue weighted by atomic mass is 9.88. The van der Waals surface area contributed by atoms with E-state index in [1.54, 1.807) is 46.6 Å². The Morgan fingerprint density at radius 3 is 2.52 bits per heavy atom. The van der Waals surface area contributed by atoms with E-state index in [9.17, 15) is 14.4 Å². The van der Waals surface area contributed by atoms with Gasteiger partial charge in [0.15, 0.2) is 11.4 Å². The molecule has 0 bridgehead atoms. The average molecular weight is 602 g/mol. The second-order valence-electron chi connectivity index (χ2n) is 11.1. The van der Waals surface area contributed by atoms with Crippen LogP contribution in [0.25, 0.3) is 0 Å². The molecular weight excluding hydrogens is 558 g/mol. The molecule has 3 rings (SSSR count). The number of aromatic nitrogens is 3. The highest BCUT2D eigenvalue weighted by atomic mass is 32.2. The molecule has 1 heterocycles. The second-order valence-corrected chi connectivity index (χ2v) is 13.3. The van der Waals surface area contributed by atoms with Crippen molar-refractivity contribution in [2.75, 3.05) is 32.3 Å². The van der Waals surface area contributed by atoms with Crippen molar-refractivity contribution >= 4 is 41.5 Å². The number of carbonyl (C=O) groups excluding carboxylic acids is 3. The monoisotopic (exact) mass is 601 g/mol. The minimum Gasteiger partial charge on any atom is -0.464 e. The van der Waals surface area contributed by atoms with E-state index in [0.29, 0.717) is 23.9 Å². The molecule has 2 saturated carbocycles. The maximum absolute atomic E-state index is 14.0. The standard InChI is InChI=1S/C26H43N5O7S2/c1-9-36-21(35-7)17-16-15(40-23-27-13-28-31-23)11-26(18(16)17,22(33)37-10-2)30-20(32)19(14(3)12-39-8)29-24(34)38-25(4,5)6/h13-19,21H,9-12H2,1-8H3,(H,29,34)(H,30,32)(H,27,28,31)/t14-,15+,16?,17+,18+,19+,21?,26+/m1/s1. The summed E-state index contributed by atoms with van der Waals surface area (Å²) in [7, 11) is 1.57. The lowest BCUT2D eigenvalue weighted by molar-refractivity contribution is -0.159. The molecule has 0 spiro atoms. The van der Waals surface area contributed by atoms with Gasteiger partial charge in [-0.25, -0.2) is 14.6 Å². The zero-order valence-electron chi connectivity index (χ0n) is 24.5. The van der Waals surface area contributed by atoms with Gasteiger partial charge in [-0.3, -0.25) is 9.89 Å². The number of nitrogens with zero attached hydrogens (tertiary/aromatic N) is 2. The predicted octanol–water partition coefficient (Wildman–Crippen LogP) is 2.85. The van der Waals surface area contributed by atoms with Crippen LogP contribution in [-0.2, 0) is 28.5 Å². The number of rotatable bonds is 14. The minimum atomic E-state index is -1.35. The molecule has 0 saturated heterocycles. The van der Waals surface area contributed by atoms with Crippen molar-refractivity contribution in [2.45, 2.75) is 81.8 Å². The smallest absolute Gasteiger partial charge is 0.408 e. The predicted molar refractivity (Wildman–Crippen MR) is 152 cm³/mol. The fourth-order valence-corrected chi connectivity index (χ4v) is 7.75. The van der Waals surface area contributed by atoms with Crippen LogP contribution < -0.4 is 10.6 Å². The number of aromatic amines is 1. The van der Waals surface area contributed by atoms with E-state index in [2.05, 4.69) is 25.8 Å². The number of fused-ring (bicyclic) bond motifs is 1. The Labute approximate surface area is 244 Å². The molecule has 0 aliphatic heterocycles. The van der Waals surface area contributed by atoms with Gasteiger partial charge in [0.2, 0.25) is 5.91 Å². The van der Waals surface area contributed by atoms with Crippen LogP contribution in [0.4, 0.5) is 4.79 Å². The van der Waals surface area contributed by atoms with Crippen LogP contribution in [0.1, 0.15) is 48.0 Å². The quantitative estimate of drug-likeness (QED) is 0.213. The Morgan fingerprint density at radius 2 is 1.98 bits per heavy atom. The Kier molecular flexibility index (Phi) is 11.2. The van der Waals surface area contributed by atoms with Crippen molar-refractivity contribution in [1.29, 1.82) is 0 Å². The number of methoxy groups -OCH3 is 1. The zero-order valence-corrected chi connectivity index (χ0v) is 26.1. The third-order valence-corrected chi connectivity index (χ3v) is 9.19. The summed E-state index contributed by atoms with van der Waals surface area (Å²) in [5.41, 5.74) is -2.08. The van der Waals surface area contributed by atoms with E-state index in [1.807, 2.05) is 20.1 Å². The molecule has 2 aliphatic carbocycles. The first-order valence-electron chi connectivity index (χ1n) is 13.6. The summed E-state index contributed by atoms with van der Waals surface area (Å²) in [6.07, 6.45) is 2.41. The van der Waals surface area contributed by atoms with E-state index in [1.165, 1.54) is 18.1 Å². The largest absolute Gasteiger partial charge is 0.464 e. The fraction of sp³-hybridized carbons (Fsp3) is 0.808. The normalized spacial score (nSPS) is 27.7. The molecule has 0 radical (unpaired) electrons. The number of hydrogen-bond acceptors (Lipinski definition) is 11. The Morgan fingerprint density at radius 1 is 1.25 bits per heavy atom. The number of thioether (sulfide) groups is 2. The Balaban J connectivity index is 1.96. The summed E-state index contributed by atoms with van der Waals surface area (Å²) in [6.45, 7) is 11.3. The van der Waals surface area contributed by atoms with E-state index in [-0.39, 0.29) is 35.5 Å². The zero-order chi connectivity index (χ0) is 29.7.